The van der Waals surface area contributed by atoms with Gasteiger partial charge in [-0.3, -0.25) is 9.69 Å². The SMILES string of the molecule is COc1ccccc1CNC(=O)CCN1CCc2ccc(F)cc2[C@H]1C. The van der Waals surface area contributed by atoms with Crippen molar-refractivity contribution in [2.45, 2.75) is 32.4 Å². The Morgan fingerprint density at radius 3 is 2.92 bits per heavy atom. The van der Waals surface area contributed by atoms with Crippen molar-refractivity contribution in [3.8, 4) is 5.75 Å². The lowest BCUT2D eigenvalue weighted by molar-refractivity contribution is -0.121. The van der Waals surface area contributed by atoms with Gasteiger partial charge in [-0.15, -0.1) is 0 Å². The van der Waals surface area contributed by atoms with Crippen molar-refractivity contribution in [3.63, 3.8) is 0 Å². The molecule has 0 bridgehead atoms. The second-order valence-corrected chi connectivity index (χ2v) is 6.64. The first-order valence-electron chi connectivity index (χ1n) is 8.99. The summed E-state index contributed by atoms with van der Waals surface area (Å²) in [5, 5.41) is 2.95. The second-order valence-electron chi connectivity index (χ2n) is 6.64. The number of methoxy groups -OCH3 is 1. The van der Waals surface area contributed by atoms with Gasteiger partial charge in [0, 0.05) is 37.7 Å². The highest BCUT2D eigenvalue weighted by Gasteiger charge is 2.24. The van der Waals surface area contributed by atoms with E-state index < -0.39 is 0 Å². The van der Waals surface area contributed by atoms with Gasteiger partial charge in [-0.25, -0.2) is 4.39 Å². The van der Waals surface area contributed by atoms with Crippen LogP contribution in [0.15, 0.2) is 42.5 Å². The highest BCUT2D eigenvalue weighted by atomic mass is 19.1. The number of hydrogen-bond acceptors (Lipinski definition) is 3. The number of hydrogen-bond donors (Lipinski definition) is 1. The number of carbonyl (C=O) groups is 1. The molecular formula is C21H25FN2O2. The largest absolute Gasteiger partial charge is 0.496 e. The van der Waals surface area contributed by atoms with Crippen LogP contribution < -0.4 is 10.1 Å². The van der Waals surface area contributed by atoms with Crippen LogP contribution in [0, 0.1) is 5.82 Å². The minimum absolute atomic E-state index is 0.00754. The molecule has 0 spiro atoms. The Balaban J connectivity index is 1.52. The van der Waals surface area contributed by atoms with Crippen LogP contribution in [-0.4, -0.2) is 31.0 Å². The average molecular weight is 356 g/mol. The van der Waals surface area contributed by atoms with Crippen molar-refractivity contribution in [2.24, 2.45) is 0 Å². The van der Waals surface area contributed by atoms with Crippen LogP contribution in [0.3, 0.4) is 0 Å². The first-order chi connectivity index (χ1) is 12.6. The zero-order valence-corrected chi connectivity index (χ0v) is 15.3. The Morgan fingerprint density at radius 1 is 1.31 bits per heavy atom. The van der Waals surface area contributed by atoms with Crippen LogP contribution in [0.2, 0.25) is 0 Å². The second kappa shape index (κ2) is 8.32. The third kappa shape index (κ3) is 4.22. The Labute approximate surface area is 154 Å². The van der Waals surface area contributed by atoms with Gasteiger partial charge < -0.3 is 10.1 Å². The summed E-state index contributed by atoms with van der Waals surface area (Å²) in [6, 6.07) is 12.8. The highest BCUT2D eigenvalue weighted by molar-refractivity contribution is 5.76. The van der Waals surface area contributed by atoms with Gasteiger partial charge in [0.1, 0.15) is 11.6 Å². The summed E-state index contributed by atoms with van der Waals surface area (Å²) in [6.45, 7) is 4.07. The molecule has 0 aliphatic carbocycles. The van der Waals surface area contributed by atoms with Crippen molar-refractivity contribution < 1.29 is 13.9 Å². The molecule has 1 amide bonds. The summed E-state index contributed by atoms with van der Waals surface area (Å²) in [5.74, 6) is 0.580. The number of amides is 1. The maximum Gasteiger partial charge on any atom is 0.221 e. The quantitative estimate of drug-likeness (QED) is 0.862. The molecule has 0 saturated carbocycles. The number of halogens is 1. The molecule has 1 N–H and O–H groups in total. The molecule has 0 radical (unpaired) electrons. The third-order valence-corrected chi connectivity index (χ3v) is 5.07. The van der Waals surface area contributed by atoms with Crippen molar-refractivity contribution in [3.05, 3.63) is 65.0 Å². The predicted octanol–water partition coefficient (Wildman–Crippen LogP) is 3.46. The van der Waals surface area contributed by atoms with E-state index in [-0.39, 0.29) is 17.8 Å². The van der Waals surface area contributed by atoms with Gasteiger partial charge in [0.2, 0.25) is 5.91 Å². The van der Waals surface area contributed by atoms with Crippen molar-refractivity contribution in [1.29, 1.82) is 0 Å². The molecule has 1 heterocycles. The Morgan fingerprint density at radius 2 is 2.12 bits per heavy atom. The van der Waals surface area contributed by atoms with Gasteiger partial charge >= 0.3 is 0 Å². The van der Waals surface area contributed by atoms with Crippen LogP contribution in [-0.2, 0) is 17.8 Å². The van der Waals surface area contributed by atoms with E-state index >= 15 is 0 Å². The van der Waals surface area contributed by atoms with Gasteiger partial charge in [-0.05, 0) is 42.7 Å². The summed E-state index contributed by atoms with van der Waals surface area (Å²) in [6.07, 6.45) is 1.31. The van der Waals surface area contributed by atoms with Crippen LogP contribution >= 0.6 is 0 Å². The smallest absolute Gasteiger partial charge is 0.221 e. The first-order valence-corrected chi connectivity index (χ1v) is 8.99. The number of carbonyl (C=O) groups excluding carboxylic acids is 1. The average Bonchev–Trinajstić information content (AvgIpc) is 2.66. The number of rotatable bonds is 6. The molecule has 0 fully saturated rings. The first kappa shape index (κ1) is 18.4. The topological polar surface area (TPSA) is 41.6 Å². The van der Waals surface area contributed by atoms with Gasteiger partial charge in [-0.1, -0.05) is 24.3 Å². The molecular weight excluding hydrogens is 331 g/mol. The van der Waals surface area contributed by atoms with Gasteiger partial charge in [0.25, 0.3) is 0 Å². The number of nitrogens with zero attached hydrogens (tertiary/aromatic N) is 1. The molecule has 0 saturated heterocycles. The van der Waals surface area contributed by atoms with Crippen molar-refractivity contribution in [2.75, 3.05) is 20.2 Å². The molecule has 0 unspecified atom stereocenters. The highest BCUT2D eigenvalue weighted by Crippen LogP contribution is 2.29. The fraction of sp³-hybridized carbons (Fsp3) is 0.381. The Bertz CT molecular complexity index is 778. The van der Waals surface area contributed by atoms with Crippen LogP contribution in [0.1, 0.15) is 36.1 Å². The van der Waals surface area contributed by atoms with Crippen LogP contribution in [0.5, 0.6) is 5.75 Å². The molecule has 1 atom stereocenters. The van der Waals surface area contributed by atoms with E-state index in [4.69, 9.17) is 4.74 Å². The Hall–Kier alpha value is -2.40. The summed E-state index contributed by atoms with van der Waals surface area (Å²) in [5.41, 5.74) is 3.19. The van der Waals surface area contributed by atoms with E-state index in [1.165, 1.54) is 11.6 Å². The minimum atomic E-state index is -0.202. The number of ether oxygens (including phenoxy) is 1. The molecule has 2 aromatic rings. The number of fused-ring (bicyclic) bond motifs is 1. The minimum Gasteiger partial charge on any atom is -0.496 e. The Kier molecular flexibility index (Phi) is 5.89. The van der Waals surface area contributed by atoms with E-state index in [9.17, 15) is 9.18 Å². The van der Waals surface area contributed by atoms with Crippen LogP contribution in [0.25, 0.3) is 0 Å². The normalized spacial score (nSPS) is 16.8. The lowest BCUT2D eigenvalue weighted by atomic mass is 9.93. The predicted molar refractivity (Wildman–Crippen MR) is 99.5 cm³/mol. The van der Waals surface area contributed by atoms with Gasteiger partial charge in [-0.2, -0.15) is 0 Å². The summed E-state index contributed by atoms with van der Waals surface area (Å²) in [7, 11) is 1.62. The van der Waals surface area contributed by atoms with E-state index in [0.29, 0.717) is 19.5 Å². The molecule has 0 aromatic heterocycles. The summed E-state index contributed by atoms with van der Waals surface area (Å²) in [4.78, 5) is 14.5. The molecule has 26 heavy (non-hydrogen) atoms. The standard InChI is InChI=1S/C21H25FN2O2/c1-15-19-13-18(22)8-7-16(19)9-11-24(15)12-10-21(25)23-14-17-5-3-4-6-20(17)26-2/h3-8,13,15H,9-12,14H2,1-2H3,(H,23,25)/t15-/m1/s1. The lowest BCUT2D eigenvalue weighted by Gasteiger charge is -2.35. The zero-order valence-electron chi connectivity index (χ0n) is 15.3. The maximum atomic E-state index is 13.5. The van der Waals surface area contributed by atoms with E-state index in [2.05, 4.69) is 17.1 Å². The van der Waals surface area contributed by atoms with E-state index in [1.54, 1.807) is 13.2 Å². The summed E-state index contributed by atoms with van der Waals surface area (Å²) < 4.78 is 18.8. The van der Waals surface area contributed by atoms with Crippen LogP contribution in [0.4, 0.5) is 4.39 Å². The lowest BCUT2D eigenvalue weighted by Crippen LogP contribution is -2.37. The summed E-state index contributed by atoms with van der Waals surface area (Å²) >= 11 is 0. The van der Waals surface area contributed by atoms with Gasteiger partial charge in [0.15, 0.2) is 0 Å². The third-order valence-electron chi connectivity index (χ3n) is 5.07. The maximum absolute atomic E-state index is 13.5. The molecule has 5 heteroatoms. The van der Waals surface area contributed by atoms with Crippen molar-refractivity contribution in [1.82, 2.24) is 10.2 Å². The number of nitrogens with one attached hydrogen (secondary N) is 1. The van der Waals surface area contributed by atoms with Crippen molar-refractivity contribution >= 4 is 5.91 Å². The fourth-order valence-electron chi connectivity index (χ4n) is 3.52. The molecule has 1 aliphatic rings. The molecule has 3 rings (SSSR count). The zero-order chi connectivity index (χ0) is 18.5. The van der Waals surface area contributed by atoms with Gasteiger partial charge in [0.05, 0.1) is 7.11 Å². The number of para-hydroxylation sites is 1. The molecule has 4 nitrogen and oxygen atoms in total. The number of benzene rings is 2. The van der Waals surface area contributed by atoms with E-state index in [0.717, 1.165) is 29.8 Å². The molecule has 1 aliphatic heterocycles. The molecule has 2 aromatic carbocycles. The van der Waals surface area contributed by atoms with E-state index in [1.807, 2.05) is 30.3 Å². The fourth-order valence-corrected chi connectivity index (χ4v) is 3.52. The monoisotopic (exact) mass is 356 g/mol. The molecule has 138 valence electrons.